The number of benzene rings is 1. The summed E-state index contributed by atoms with van der Waals surface area (Å²) in [5.74, 6) is 0.969. The first-order chi connectivity index (χ1) is 19.6. The number of oxime groups is 1. The molecule has 0 saturated heterocycles. The second-order valence-electron chi connectivity index (χ2n) is 16.9. The lowest BCUT2D eigenvalue weighted by atomic mass is 9.33. The first kappa shape index (κ1) is 29.9. The van der Waals surface area contributed by atoms with Crippen molar-refractivity contribution in [3.8, 4) is 0 Å². The van der Waals surface area contributed by atoms with Crippen molar-refractivity contribution in [2.45, 2.75) is 119 Å². The first-order valence-electron chi connectivity index (χ1n) is 16.5. The van der Waals surface area contributed by atoms with Crippen LogP contribution in [0.15, 0.2) is 47.1 Å². The summed E-state index contributed by atoms with van der Waals surface area (Å²) in [6, 6.07) is 10.1. The lowest BCUT2D eigenvalue weighted by molar-refractivity contribution is -0.190. The normalized spacial score (nSPS) is 44.6. The van der Waals surface area contributed by atoms with Crippen LogP contribution in [0.5, 0.6) is 0 Å². The number of nitrogens with zero attached hydrogens (tertiary/aromatic N) is 1. The molecule has 4 saturated carbocycles. The Hall–Kier alpha value is -2.14. The molecule has 0 radical (unpaired) electrons. The molecule has 5 heteroatoms. The molecule has 5 nitrogen and oxygen atoms in total. The van der Waals surface area contributed by atoms with Gasteiger partial charge in [-0.3, -0.25) is 4.79 Å². The second-order valence-corrected chi connectivity index (χ2v) is 16.9. The summed E-state index contributed by atoms with van der Waals surface area (Å²) in [4.78, 5) is 14.2. The van der Waals surface area contributed by atoms with Crippen LogP contribution in [0.25, 0.3) is 0 Å². The maximum absolute atomic E-state index is 14.2. The molecule has 0 spiro atoms. The summed E-state index contributed by atoms with van der Waals surface area (Å²) in [6.07, 6.45) is 10.5. The summed E-state index contributed by atoms with van der Waals surface area (Å²) in [7, 11) is 0. The van der Waals surface area contributed by atoms with Gasteiger partial charge in [0.2, 0.25) is 0 Å². The van der Waals surface area contributed by atoms with Crippen LogP contribution in [0.1, 0.15) is 112 Å². The van der Waals surface area contributed by atoms with Gasteiger partial charge in [-0.25, -0.2) is 0 Å². The molecule has 0 bridgehead atoms. The van der Waals surface area contributed by atoms with Gasteiger partial charge in [0.05, 0.1) is 11.1 Å². The molecule has 1 aromatic carbocycles. The highest BCUT2D eigenvalue weighted by atomic mass is 16.5. The zero-order valence-electron chi connectivity index (χ0n) is 27.0. The molecule has 5 aliphatic rings. The summed E-state index contributed by atoms with van der Waals surface area (Å²) >= 11 is 0. The highest BCUT2D eigenvalue weighted by molar-refractivity contribution is 5.90. The number of allylic oxidation sites excluding steroid dienone is 2. The zero-order chi connectivity index (χ0) is 30.3. The summed E-state index contributed by atoms with van der Waals surface area (Å²) < 4.78 is 6.16. The first-order valence-corrected chi connectivity index (χ1v) is 16.5. The molecule has 6 rings (SSSR count). The molecule has 4 fully saturated rings. The number of fused-ring (bicyclic) bond motifs is 7. The fourth-order valence-corrected chi connectivity index (χ4v) is 11.5. The topological polar surface area (TPSA) is 79.1 Å². The number of ether oxygens (including phenoxy) is 1. The van der Waals surface area contributed by atoms with E-state index in [2.05, 4.69) is 59.7 Å². The Labute approximate surface area is 253 Å². The molecule has 2 N–H and O–H groups in total. The van der Waals surface area contributed by atoms with E-state index in [0.29, 0.717) is 30.6 Å². The zero-order valence-corrected chi connectivity index (χ0v) is 27.0. The van der Waals surface area contributed by atoms with Crippen LogP contribution in [0, 0.1) is 50.2 Å². The number of hydrogen-bond acceptors (Lipinski definition) is 5. The highest BCUT2D eigenvalue weighted by Crippen LogP contribution is 2.75. The largest absolute Gasteiger partial charge is 0.460 e. The van der Waals surface area contributed by atoms with E-state index >= 15 is 0 Å². The van der Waals surface area contributed by atoms with Crippen molar-refractivity contribution in [1.82, 2.24) is 0 Å². The van der Waals surface area contributed by atoms with Crippen LogP contribution in [-0.4, -0.2) is 28.1 Å². The van der Waals surface area contributed by atoms with Crippen LogP contribution < -0.4 is 0 Å². The Morgan fingerprint density at radius 3 is 2.33 bits per heavy atom. The molecular weight excluding hydrogens is 522 g/mol. The highest BCUT2D eigenvalue weighted by Gasteiger charge is 2.70. The summed E-state index contributed by atoms with van der Waals surface area (Å²) in [6.45, 7) is 16.9. The van der Waals surface area contributed by atoms with Crippen molar-refractivity contribution >= 4 is 11.7 Å². The Morgan fingerprint density at radius 2 is 1.64 bits per heavy atom. The van der Waals surface area contributed by atoms with Crippen molar-refractivity contribution in [1.29, 1.82) is 0 Å². The van der Waals surface area contributed by atoms with E-state index in [4.69, 9.17) is 4.74 Å². The third-order valence-electron chi connectivity index (χ3n) is 14.1. The molecule has 42 heavy (non-hydrogen) atoms. The van der Waals surface area contributed by atoms with Gasteiger partial charge in [0, 0.05) is 0 Å². The van der Waals surface area contributed by atoms with Crippen molar-refractivity contribution in [2.24, 2.45) is 55.4 Å². The molecule has 0 amide bonds. The molecule has 0 aromatic heterocycles. The van der Waals surface area contributed by atoms with Gasteiger partial charge in [0.15, 0.2) is 0 Å². The molecule has 0 aliphatic heterocycles. The monoisotopic (exact) mass is 575 g/mol. The predicted molar refractivity (Wildman–Crippen MR) is 166 cm³/mol. The van der Waals surface area contributed by atoms with E-state index < -0.39 is 11.5 Å². The Bertz CT molecular complexity index is 1300. The van der Waals surface area contributed by atoms with Crippen LogP contribution in [-0.2, 0) is 16.1 Å². The van der Waals surface area contributed by atoms with Crippen LogP contribution in [0.2, 0.25) is 0 Å². The predicted octanol–water partition coefficient (Wildman–Crippen LogP) is 8.33. The van der Waals surface area contributed by atoms with Gasteiger partial charge in [0.1, 0.15) is 12.7 Å². The molecule has 8 atom stereocenters. The second kappa shape index (κ2) is 9.68. The lowest BCUT2D eigenvalue weighted by Gasteiger charge is -2.71. The van der Waals surface area contributed by atoms with E-state index in [1.165, 1.54) is 5.57 Å². The quantitative estimate of drug-likeness (QED) is 0.164. The van der Waals surface area contributed by atoms with Gasteiger partial charge in [-0.1, -0.05) is 95.6 Å². The standard InChI is InChI=1S/C37H53NO4/c1-32(2)17-19-37(31(40)42-23-24-11-9-8-10-12-24)20-18-35(6)25(26(37)21-32)13-14-29-34(5)22-27(38-41)30(39)33(3,4)28(34)15-16-36(29,35)7/h8-13,26,28-30,39,41H,14-23H2,1-7H3/b38-27-. The number of aliphatic hydroxyl groups is 1. The van der Waals surface area contributed by atoms with Crippen molar-refractivity contribution < 1.29 is 19.8 Å². The van der Waals surface area contributed by atoms with E-state index in [-0.39, 0.29) is 39.0 Å². The maximum Gasteiger partial charge on any atom is 0.313 e. The minimum atomic E-state index is -0.711. The minimum absolute atomic E-state index is 0.00423. The summed E-state index contributed by atoms with van der Waals surface area (Å²) in [5.41, 5.74) is 2.46. The van der Waals surface area contributed by atoms with Crippen LogP contribution in [0.4, 0.5) is 0 Å². The fraction of sp³-hybridized carbons (Fsp3) is 0.730. The minimum Gasteiger partial charge on any atom is -0.460 e. The smallest absolute Gasteiger partial charge is 0.313 e. The average molecular weight is 576 g/mol. The third-order valence-corrected chi connectivity index (χ3v) is 14.1. The average Bonchev–Trinajstić information content (AvgIpc) is 2.94. The van der Waals surface area contributed by atoms with Gasteiger partial charge >= 0.3 is 5.97 Å². The van der Waals surface area contributed by atoms with Gasteiger partial charge in [-0.15, -0.1) is 0 Å². The van der Waals surface area contributed by atoms with E-state index in [1.54, 1.807) is 0 Å². The van der Waals surface area contributed by atoms with E-state index in [0.717, 1.165) is 56.9 Å². The van der Waals surface area contributed by atoms with Crippen molar-refractivity contribution in [3.05, 3.63) is 47.5 Å². The Morgan fingerprint density at radius 1 is 0.952 bits per heavy atom. The van der Waals surface area contributed by atoms with Gasteiger partial charge < -0.3 is 15.1 Å². The van der Waals surface area contributed by atoms with Gasteiger partial charge in [0.25, 0.3) is 0 Å². The van der Waals surface area contributed by atoms with E-state index in [9.17, 15) is 15.1 Å². The summed E-state index contributed by atoms with van der Waals surface area (Å²) in [5, 5.41) is 24.8. The van der Waals surface area contributed by atoms with Crippen molar-refractivity contribution in [2.75, 3.05) is 0 Å². The van der Waals surface area contributed by atoms with Crippen LogP contribution in [0.3, 0.4) is 0 Å². The third kappa shape index (κ3) is 4.04. The Kier molecular flexibility index (Phi) is 6.89. The number of esters is 1. The molecule has 230 valence electrons. The maximum atomic E-state index is 14.2. The number of aliphatic hydroxyl groups excluding tert-OH is 1. The molecule has 0 heterocycles. The molecule has 8 unspecified atom stereocenters. The van der Waals surface area contributed by atoms with Crippen molar-refractivity contribution in [3.63, 3.8) is 0 Å². The number of carbonyl (C=O) groups excluding carboxylic acids is 1. The lowest BCUT2D eigenvalue weighted by Crippen LogP contribution is -2.66. The molecule has 1 aromatic rings. The van der Waals surface area contributed by atoms with Crippen LogP contribution >= 0.6 is 0 Å². The molecule has 5 aliphatic carbocycles. The van der Waals surface area contributed by atoms with Gasteiger partial charge in [-0.2, -0.15) is 0 Å². The SMILES string of the molecule is CC1(C)CCC2(C(=O)OCc3ccccc3)CCC3(C)C(=CCC4C5(C)C/C(=N/O)C(O)C(C)(C)C5CCC43C)C2C1. The number of hydrogen-bond donors (Lipinski definition) is 2. The molecular formula is C37H53NO4. The Balaban J connectivity index is 1.38. The number of rotatable bonds is 3. The number of carbonyl (C=O) groups is 1. The fourth-order valence-electron chi connectivity index (χ4n) is 11.5. The van der Waals surface area contributed by atoms with E-state index in [1.807, 2.05) is 30.3 Å². The van der Waals surface area contributed by atoms with Gasteiger partial charge in [-0.05, 0) is 108 Å².